The number of H-pyrrole nitrogens is 1. The van der Waals surface area contributed by atoms with E-state index in [1.807, 2.05) is 0 Å². The molecule has 4 heteroatoms. The van der Waals surface area contributed by atoms with Crippen LogP contribution in [0.2, 0.25) is 0 Å². The number of aromatic nitrogens is 1. The fourth-order valence-electron chi connectivity index (χ4n) is 0.559. The summed E-state index contributed by atoms with van der Waals surface area (Å²) in [5.41, 5.74) is 4.96. The van der Waals surface area contributed by atoms with Gasteiger partial charge in [0.05, 0.1) is 0 Å². The van der Waals surface area contributed by atoms with Gasteiger partial charge >= 0.3 is 0 Å². The van der Waals surface area contributed by atoms with Gasteiger partial charge in [0.25, 0.3) is 5.91 Å². The summed E-state index contributed by atoms with van der Waals surface area (Å²) in [7, 11) is 0. The van der Waals surface area contributed by atoms with Crippen LogP contribution in [0.4, 0.5) is 0 Å². The van der Waals surface area contributed by atoms with Crippen molar-refractivity contribution in [3.8, 4) is 5.88 Å². The highest BCUT2D eigenvalue weighted by Gasteiger charge is 2.05. The van der Waals surface area contributed by atoms with Crippen LogP contribution in [0, 0.1) is 0 Å². The zero-order valence-electron chi connectivity index (χ0n) is 4.59. The van der Waals surface area contributed by atoms with E-state index in [2.05, 4.69) is 4.98 Å². The zero-order chi connectivity index (χ0) is 6.85. The maximum absolute atomic E-state index is 10.3. The number of aromatic amines is 1. The molecule has 4 N–H and O–H groups in total. The minimum absolute atomic E-state index is 0.120. The first kappa shape index (κ1) is 5.68. The van der Waals surface area contributed by atoms with E-state index in [1.165, 1.54) is 12.3 Å². The van der Waals surface area contributed by atoms with Crippen LogP contribution < -0.4 is 5.73 Å². The van der Waals surface area contributed by atoms with Crippen LogP contribution in [-0.2, 0) is 0 Å². The summed E-state index contributed by atoms with van der Waals surface area (Å²) in [6.45, 7) is 0. The van der Waals surface area contributed by atoms with Crippen molar-refractivity contribution in [3.05, 3.63) is 17.8 Å². The molecule has 0 aromatic carbocycles. The Hall–Kier alpha value is -1.45. The molecule has 1 rings (SSSR count). The lowest BCUT2D eigenvalue weighted by Crippen LogP contribution is -2.09. The van der Waals surface area contributed by atoms with E-state index >= 15 is 0 Å². The molecule has 0 radical (unpaired) electrons. The van der Waals surface area contributed by atoms with Crippen molar-refractivity contribution in [1.82, 2.24) is 4.98 Å². The molecule has 0 atom stereocenters. The largest absolute Gasteiger partial charge is 0.494 e. The van der Waals surface area contributed by atoms with Gasteiger partial charge < -0.3 is 15.8 Å². The lowest BCUT2D eigenvalue weighted by Gasteiger charge is -1.87. The number of amides is 1. The van der Waals surface area contributed by atoms with Crippen molar-refractivity contribution in [3.63, 3.8) is 0 Å². The molecule has 0 spiro atoms. The summed E-state index contributed by atoms with van der Waals surface area (Å²) in [4.78, 5) is 12.7. The Morgan fingerprint density at radius 1 is 1.78 bits per heavy atom. The Bertz CT molecular complexity index is 229. The van der Waals surface area contributed by atoms with Crippen LogP contribution in [0.5, 0.6) is 5.88 Å². The van der Waals surface area contributed by atoms with Crippen LogP contribution in [0.1, 0.15) is 10.4 Å². The molecule has 1 amide bonds. The molecule has 0 saturated carbocycles. The smallest absolute Gasteiger partial charge is 0.254 e. The molecule has 1 aromatic heterocycles. The molecular formula is C5H6N2O2. The van der Waals surface area contributed by atoms with Gasteiger partial charge in [0.2, 0.25) is 5.88 Å². The molecule has 0 saturated heterocycles. The van der Waals surface area contributed by atoms with E-state index < -0.39 is 5.91 Å². The molecular weight excluding hydrogens is 120 g/mol. The molecule has 0 aliphatic rings. The summed E-state index contributed by atoms with van der Waals surface area (Å²) in [6, 6.07) is 1.41. The minimum atomic E-state index is -0.631. The molecule has 0 aliphatic carbocycles. The number of carbonyl (C=O) groups excluding carboxylic acids is 1. The molecule has 4 nitrogen and oxygen atoms in total. The van der Waals surface area contributed by atoms with Crippen LogP contribution in [0.3, 0.4) is 0 Å². The molecule has 0 unspecified atom stereocenters. The Labute approximate surface area is 51.3 Å². The van der Waals surface area contributed by atoms with Crippen molar-refractivity contribution in [2.24, 2.45) is 5.73 Å². The topological polar surface area (TPSA) is 79.1 Å². The Morgan fingerprint density at radius 3 is 2.67 bits per heavy atom. The summed E-state index contributed by atoms with van der Waals surface area (Å²) in [5.74, 6) is -0.809. The third-order valence-electron chi connectivity index (χ3n) is 0.991. The highest BCUT2D eigenvalue weighted by atomic mass is 16.3. The maximum atomic E-state index is 10.3. The van der Waals surface area contributed by atoms with E-state index in [0.29, 0.717) is 0 Å². The highest BCUT2D eigenvalue weighted by Crippen LogP contribution is 2.10. The normalized spacial score (nSPS) is 9.33. The number of aromatic hydroxyl groups is 1. The van der Waals surface area contributed by atoms with E-state index in [4.69, 9.17) is 10.8 Å². The SMILES string of the molecule is NC(=O)c1cc[nH]c1O. The number of carbonyl (C=O) groups is 1. The minimum Gasteiger partial charge on any atom is -0.494 e. The first-order chi connectivity index (χ1) is 4.22. The average Bonchev–Trinajstić information content (AvgIpc) is 2.13. The van der Waals surface area contributed by atoms with Gasteiger partial charge in [-0.15, -0.1) is 0 Å². The molecule has 1 aromatic rings. The molecule has 9 heavy (non-hydrogen) atoms. The lowest BCUT2D eigenvalue weighted by molar-refractivity contribution is 0.0998. The first-order valence-electron chi connectivity index (χ1n) is 2.38. The molecule has 0 fully saturated rings. The van der Waals surface area contributed by atoms with Gasteiger partial charge in [0, 0.05) is 6.20 Å². The van der Waals surface area contributed by atoms with Crippen LogP contribution in [0.15, 0.2) is 12.3 Å². The summed E-state index contributed by atoms with van der Waals surface area (Å²) in [5, 5.41) is 8.76. The fourth-order valence-corrected chi connectivity index (χ4v) is 0.559. The lowest BCUT2D eigenvalue weighted by atomic mass is 10.3. The standard InChI is InChI=1S/C5H6N2O2/c6-4(8)3-1-2-7-5(3)9/h1-2,7,9H,(H2,6,8). The maximum Gasteiger partial charge on any atom is 0.254 e. The molecule has 0 aliphatic heterocycles. The molecule has 48 valence electrons. The van der Waals surface area contributed by atoms with Gasteiger partial charge in [0.1, 0.15) is 5.56 Å². The Morgan fingerprint density at radius 2 is 2.44 bits per heavy atom. The van der Waals surface area contributed by atoms with Crippen LogP contribution in [-0.4, -0.2) is 16.0 Å². The quantitative estimate of drug-likeness (QED) is 0.488. The third-order valence-corrected chi connectivity index (χ3v) is 0.991. The number of nitrogens with two attached hydrogens (primary N) is 1. The summed E-state index contributed by atoms with van der Waals surface area (Å²) >= 11 is 0. The van der Waals surface area contributed by atoms with Crippen molar-refractivity contribution in [2.75, 3.05) is 0 Å². The highest BCUT2D eigenvalue weighted by molar-refractivity contribution is 5.94. The van der Waals surface area contributed by atoms with Crippen molar-refractivity contribution < 1.29 is 9.90 Å². The number of hydrogen-bond acceptors (Lipinski definition) is 2. The van der Waals surface area contributed by atoms with Crippen LogP contribution >= 0.6 is 0 Å². The molecule has 1 heterocycles. The van der Waals surface area contributed by atoms with Gasteiger partial charge in [-0.25, -0.2) is 0 Å². The fraction of sp³-hybridized carbons (Fsp3) is 0. The number of hydrogen-bond donors (Lipinski definition) is 3. The monoisotopic (exact) mass is 126 g/mol. The summed E-state index contributed by atoms with van der Waals surface area (Å²) < 4.78 is 0. The van der Waals surface area contributed by atoms with E-state index in [-0.39, 0.29) is 11.4 Å². The zero-order valence-corrected chi connectivity index (χ0v) is 4.59. The third kappa shape index (κ3) is 0.861. The van der Waals surface area contributed by atoms with E-state index in [0.717, 1.165) is 0 Å². The van der Waals surface area contributed by atoms with Crippen molar-refractivity contribution >= 4 is 5.91 Å². The first-order valence-corrected chi connectivity index (χ1v) is 2.38. The number of nitrogens with one attached hydrogen (secondary N) is 1. The average molecular weight is 126 g/mol. The molecule has 0 bridgehead atoms. The van der Waals surface area contributed by atoms with Crippen molar-refractivity contribution in [1.29, 1.82) is 0 Å². The second-order valence-electron chi connectivity index (χ2n) is 1.60. The number of rotatable bonds is 1. The second kappa shape index (κ2) is 1.81. The van der Waals surface area contributed by atoms with Gasteiger partial charge in [-0.2, -0.15) is 0 Å². The predicted molar refractivity (Wildman–Crippen MR) is 31.0 cm³/mol. The van der Waals surface area contributed by atoms with Gasteiger partial charge in [-0.3, -0.25) is 4.79 Å². The summed E-state index contributed by atoms with van der Waals surface area (Å²) in [6.07, 6.45) is 1.44. The van der Waals surface area contributed by atoms with Gasteiger partial charge in [0.15, 0.2) is 0 Å². The second-order valence-corrected chi connectivity index (χ2v) is 1.60. The Kier molecular flexibility index (Phi) is 1.14. The van der Waals surface area contributed by atoms with Crippen molar-refractivity contribution in [2.45, 2.75) is 0 Å². The van der Waals surface area contributed by atoms with Crippen LogP contribution in [0.25, 0.3) is 0 Å². The van der Waals surface area contributed by atoms with Gasteiger partial charge in [-0.1, -0.05) is 0 Å². The van der Waals surface area contributed by atoms with E-state index in [9.17, 15) is 4.79 Å². The van der Waals surface area contributed by atoms with E-state index in [1.54, 1.807) is 0 Å². The Balaban J connectivity index is 3.08. The van der Waals surface area contributed by atoms with Gasteiger partial charge in [-0.05, 0) is 6.07 Å². The predicted octanol–water partition coefficient (Wildman–Crippen LogP) is -0.181. The number of primary amides is 1.